The van der Waals surface area contributed by atoms with Crippen molar-refractivity contribution >= 4 is 27.7 Å². The van der Waals surface area contributed by atoms with Crippen LogP contribution >= 0.6 is 11.6 Å². The predicted molar refractivity (Wildman–Crippen MR) is 96.3 cm³/mol. The van der Waals surface area contributed by atoms with E-state index in [-0.39, 0.29) is 4.90 Å². The number of ether oxygens (including phenoxy) is 1. The maximum absolute atomic E-state index is 12.2. The predicted octanol–water partition coefficient (Wildman–Crippen LogP) is 3.49. The summed E-state index contributed by atoms with van der Waals surface area (Å²) in [6.07, 6.45) is 0. The molecular formula is C17H19ClN2O4S. The normalized spacial score (nSPS) is 12.3. The molecule has 2 aromatic carbocycles. The first kappa shape index (κ1) is 19.1. The van der Waals surface area contributed by atoms with Gasteiger partial charge >= 0.3 is 6.03 Å². The fraction of sp³-hybridized carbons (Fsp3) is 0.235. The molecular weight excluding hydrogens is 364 g/mol. The number of carbonyl (C=O) groups is 1. The van der Waals surface area contributed by atoms with Crippen molar-refractivity contribution in [3.8, 4) is 5.75 Å². The van der Waals surface area contributed by atoms with Crippen LogP contribution in [0.1, 0.15) is 25.5 Å². The molecule has 0 spiro atoms. The molecule has 2 rings (SSSR count). The number of nitrogens with one attached hydrogen (secondary N) is 2. The molecule has 2 amide bonds. The summed E-state index contributed by atoms with van der Waals surface area (Å²) in [6, 6.07) is 11.4. The first-order valence-electron chi connectivity index (χ1n) is 7.64. The Morgan fingerprint density at radius 3 is 2.52 bits per heavy atom. The molecule has 0 fully saturated rings. The van der Waals surface area contributed by atoms with E-state index in [0.29, 0.717) is 22.9 Å². The van der Waals surface area contributed by atoms with Gasteiger partial charge in [-0.15, -0.1) is 0 Å². The minimum atomic E-state index is -3.94. The quantitative estimate of drug-likeness (QED) is 0.800. The number of hydrogen-bond donors (Lipinski definition) is 2. The van der Waals surface area contributed by atoms with Crippen molar-refractivity contribution in [2.45, 2.75) is 24.8 Å². The number of halogens is 1. The zero-order valence-corrected chi connectivity index (χ0v) is 15.4. The number of amides is 2. The van der Waals surface area contributed by atoms with E-state index in [9.17, 15) is 13.2 Å². The molecule has 0 saturated carbocycles. The Morgan fingerprint density at radius 1 is 1.20 bits per heavy atom. The monoisotopic (exact) mass is 382 g/mol. The summed E-state index contributed by atoms with van der Waals surface area (Å²) in [5.41, 5.74) is 0.654. The molecule has 0 radical (unpaired) electrons. The summed E-state index contributed by atoms with van der Waals surface area (Å²) in [4.78, 5) is 12.1. The van der Waals surface area contributed by atoms with Gasteiger partial charge in [0.1, 0.15) is 5.75 Å². The molecule has 0 aromatic heterocycles. The molecule has 8 heteroatoms. The molecule has 0 aliphatic heterocycles. The molecule has 0 saturated heterocycles. The van der Waals surface area contributed by atoms with Crippen LogP contribution < -0.4 is 14.8 Å². The molecule has 2 aromatic rings. The number of benzene rings is 2. The Balaban J connectivity index is 2.12. The smallest absolute Gasteiger partial charge is 0.329 e. The number of sulfonamides is 1. The molecule has 1 atom stereocenters. The van der Waals surface area contributed by atoms with Gasteiger partial charge in [0.05, 0.1) is 17.5 Å². The van der Waals surface area contributed by atoms with Gasteiger partial charge in [-0.1, -0.05) is 29.8 Å². The van der Waals surface area contributed by atoms with Crippen molar-refractivity contribution in [1.29, 1.82) is 0 Å². The van der Waals surface area contributed by atoms with Gasteiger partial charge in [-0.25, -0.2) is 17.9 Å². The van der Waals surface area contributed by atoms with E-state index < -0.39 is 22.1 Å². The van der Waals surface area contributed by atoms with Crippen LogP contribution in [0.25, 0.3) is 0 Å². The highest BCUT2D eigenvalue weighted by atomic mass is 35.5. The lowest BCUT2D eigenvalue weighted by molar-refractivity contribution is 0.242. The first-order chi connectivity index (χ1) is 11.8. The maximum Gasteiger partial charge on any atom is 0.329 e. The fourth-order valence-corrected chi connectivity index (χ4v) is 3.35. The van der Waals surface area contributed by atoms with Crippen molar-refractivity contribution in [1.82, 2.24) is 10.0 Å². The average Bonchev–Trinajstić information content (AvgIpc) is 2.57. The highest BCUT2D eigenvalue weighted by molar-refractivity contribution is 7.90. The Hall–Kier alpha value is -2.25. The van der Waals surface area contributed by atoms with Crippen molar-refractivity contribution in [3.05, 3.63) is 59.1 Å². The molecule has 25 heavy (non-hydrogen) atoms. The van der Waals surface area contributed by atoms with Crippen LogP contribution in [-0.2, 0) is 10.0 Å². The molecule has 0 bridgehead atoms. The lowest BCUT2D eigenvalue weighted by Gasteiger charge is -2.18. The molecule has 1 unspecified atom stereocenters. The van der Waals surface area contributed by atoms with Gasteiger partial charge in [-0.3, -0.25) is 0 Å². The van der Waals surface area contributed by atoms with Crippen molar-refractivity contribution in [2.75, 3.05) is 6.61 Å². The Morgan fingerprint density at radius 2 is 1.88 bits per heavy atom. The summed E-state index contributed by atoms with van der Waals surface area (Å²) in [5, 5.41) is 3.07. The Bertz CT molecular complexity index is 841. The van der Waals surface area contributed by atoms with Crippen LogP contribution in [0.3, 0.4) is 0 Å². The molecule has 0 heterocycles. The standard InChI is InChI=1S/C17H19ClN2O4S/c1-3-24-16-10-9-13(18)11-15(16)12(2)19-17(21)20-25(22,23)14-7-5-4-6-8-14/h4-12H,3H2,1-2H3,(H2,19,20,21). The SMILES string of the molecule is CCOc1ccc(Cl)cc1C(C)NC(=O)NS(=O)(=O)c1ccccc1. The van der Waals surface area contributed by atoms with E-state index in [0.717, 1.165) is 0 Å². The van der Waals surface area contributed by atoms with Gasteiger partial charge in [0.15, 0.2) is 0 Å². The van der Waals surface area contributed by atoms with E-state index in [1.54, 1.807) is 43.3 Å². The summed E-state index contributed by atoms with van der Waals surface area (Å²) in [6.45, 7) is 4.01. The van der Waals surface area contributed by atoms with Gasteiger partial charge in [-0.2, -0.15) is 0 Å². The summed E-state index contributed by atoms with van der Waals surface area (Å²) < 4.78 is 31.8. The van der Waals surface area contributed by atoms with Gasteiger partial charge in [0.2, 0.25) is 0 Å². The second-order valence-corrected chi connectivity index (χ2v) is 7.35. The number of rotatable bonds is 6. The number of carbonyl (C=O) groups excluding carboxylic acids is 1. The van der Waals surface area contributed by atoms with Crippen molar-refractivity contribution < 1.29 is 17.9 Å². The van der Waals surface area contributed by atoms with Crippen molar-refractivity contribution in [2.24, 2.45) is 0 Å². The van der Waals surface area contributed by atoms with Gasteiger partial charge in [0, 0.05) is 10.6 Å². The third-order valence-corrected chi connectivity index (χ3v) is 4.95. The molecule has 2 N–H and O–H groups in total. The zero-order chi connectivity index (χ0) is 18.4. The van der Waals surface area contributed by atoms with Crippen LogP contribution in [0.2, 0.25) is 5.02 Å². The van der Waals surface area contributed by atoms with Crippen LogP contribution in [0.5, 0.6) is 5.75 Å². The second-order valence-electron chi connectivity index (χ2n) is 5.23. The average molecular weight is 383 g/mol. The molecule has 0 aliphatic carbocycles. The minimum absolute atomic E-state index is 0.00978. The number of urea groups is 1. The van der Waals surface area contributed by atoms with E-state index >= 15 is 0 Å². The Labute approximate surface area is 152 Å². The van der Waals surface area contributed by atoms with Gasteiger partial charge in [0.25, 0.3) is 10.0 Å². The lowest BCUT2D eigenvalue weighted by Crippen LogP contribution is -2.40. The zero-order valence-electron chi connectivity index (χ0n) is 13.8. The van der Waals surface area contributed by atoms with E-state index in [1.165, 1.54) is 12.1 Å². The van der Waals surface area contributed by atoms with Crippen LogP contribution in [0, 0.1) is 0 Å². The van der Waals surface area contributed by atoms with Gasteiger partial charge < -0.3 is 10.1 Å². The summed E-state index contributed by atoms with van der Waals surface area (Å²) in [7, 11) is -3.94. The molecule has 0 aliphatic rings. The van der Waals surface area contributed by atoms with E-state index in [2.05, 4.69) is 5.32 Å². The van der Waals surface area contributed by atoms with E-state index in [4.69, 9.17) is 16.3 Å². The Kier molecular flexibility index (Phi) is 6.27. The summed E-state index contributed by atoms with van der Waals surface area (Å²) in [5.74, 6) is 0.575. The van der Waals surface area contributed by atoms with Crippen LogP contribution in [0.4, 0.5) is 4.79 Å². The third-order valence-electron chi connectivity index (χ3n) is 3.37. The maximum atomic E-state index is 12.2. The highest BCUT2D eigenvalue weighted by Gasteiger charge is 2.20. The first-order valence-corrected chi connectivity index (χ1v) is 9.50. The third kappa shape index (κ3) is 5.11. The van der Waals surface area contributed by atoms with E-state index in [1.807, 2.05) is 11.6 Å². The topological polar surface area (TPSA) is 84.5 Å². The summed E-state index contributed by atoms with van der Waals surface area (Å²) >= 11 is 6.00. The second kappa shape index (κ2) is 8.22. The molecule has 134 valence electrons. The van der Waals surface area contributed by atoms with Gasteiger partial charge in [-0.05, 0) is 44.2 Å². The fourth-order valence-electron chi connectivity index (χ4n) is 2.23. The lowest BCUT2D eigenvalue weighted by atomic mass is 10.1. The minimum Gasteiger partial charge on any atom is -0.494 e. The van der Waals surface area contributed by atoms with Crippen LogP contribution in [0.15, 0.2) is 53.4 Å². The van der Waals surface area contributed by atoms with Crippen LogP contribution in [-0.4, -0.2) is 21.1 Å². The van der Waals surface area contributed by atoms with Crippen molar-refractivity contribution in [3.63, 3.8) is 0 Å². The largest absolute Gasteiger partial charge is 0.494 e. The number of hydrogen-bond acceptors (Lipinski definition) is 4. The highest BCUT2D eigenvalue weighted by Crippen LogP contribution is 2.28. The molecule has 6 nitrogen and oxygen atoms in total.